The quantitative estimate of drug-likeness (QED) is 0.463. The molecule has 4 heterocycles. The maximum atomic E-state index is 13.8. The number of likely N-dealkylation sites (tertiary alicyclic amines) is 1. The van der Waals surface area contributed by atoms with E-state index in [0.717, 1.165) is 23.9 Å². The van der Waals surface area contributed by atoms with Gasteiger partial charge in [0, 0.05) is 24.9 Å². The van der Waals surface area contributed by atoms with E-state index in [1.807, 2.05) is 31.2 Å². The van der Waals surface area contributed by atoms with E-state index in [1.165, 1.54) is 0 Å². The lowest BCUT2D eigenvalue weighted by Crippen LogP contribution is -2.56. The largest absolute Gasteiger partial charge is 0.396 e. The molecule has 11 heteroatoms. The molecule has 0 radical (unpaired) electrons. The van der Waals surface area contributed by atoms with Gasteiger partial charge in [0.15, 0.2) is 0 Å². The molecule has 1 spiro atoms. The lowest BCUT2D eigenvalue weighted by atomic mass is 9.66. The molecule has 0 saturated carbocycles. The molecule has 3 aliphatic rings. The molecule has 188 valence electrons. The Balaban J connectivity index is 1.44. The molecule has 3 N–H and O–H groups in total. The molecule has 1 aromatic carbocycles. The summed E-state index contributed by atoms with van der Waals surface area (Å²) in [4.78, 5) is 42.3. The lowest BCUT2D eigenvalue weighted by molar-refractivity contribution is -0.140. The smallest absolute Gasteiger partial charge is 0.245 e. The van der Waals surface area contributed by atoms with Crippen LogP contribution < -0.4 is 10.6 Å². The highest BCUT2D eigenvalue weighted by Crippen LogP contribution is 2.68. The van der Waals surface area contributed by atoms with Crippen molar-refractivity contribution in [2.24, 2.45) is 17.8 Å². The number of carbonyl (C=O) groups excluding carboxylic acids is 3. The summed E-state index contributed by atoms with van der Waals surface area (Å²) < 4.78 is 0.959. The summed E-state index contributed by atoms with van der Waals surface area (Å²) >= 11 is 1.65. The zero-order valence-electron chi connectivity index (χ0n) is 20.0. The van der Waals surface area contributed by atoms with Gasteiger partial charge in [0.2, 0.25) is 17.7 Å². The lowest BCUT2D eigenvalue weighted by Gasteiger charge is -2.38. The summed E-state index contributed by atoms with van der Waals surface area (Å²) in [5.41, 5.74) is 1.54. The van der Waals surface area contributed by atoms with Gasteiger partial charge in [0.25, 0.3) is 0 Å². The van der Waals surface area contributed by atoms with Crippen LogP contribution in [0.15, 0.2) is 24.3 Å². The summed E-state index contributed by atoms with van der Waals surface area (Å²) in [5, 5.41) is 23.7. The number of hydrogen-bond acceptors (Lipinski definition) is 7. The van der Waals surface area contributed by atoms with Crippen molar-refractivity contribution in [2.45, 2.75) is 55.8 Å². The minimum atomic E-state index is -0.713. The molecular weight excluding hydrogens is 468 g/mol. The third-order valence-corrected chi connectivity index (χ3v) is 9.80. The van der Waals surface area contributed by atoms with Gasteiger partial charge < -0.3 is 20.6 Å². The van der Waals surface area contributed by atoms with Crippen LogP contribution in [0.4, 0.5) is 0 Å². The Morgan fingerprint density at radius 2 is 2.06 bits per heavy atom. The van der Waals surface area contributed by atoms with Crippen LogP contribution in [0.25, 0.3) is 11.0 Å². The number of aliphatic hydroxyl groups excluding tert-OH is 1. The molecular formula is C24H32N6O4S. The fourth-order valence-electron chi connectivity index (χ4n) is 6.25. The van der Waals surface area contributed by atoms with E-state index in [2.05, 4.69) is 27.9 Å². The van der Waals surface area contributed by atoms with E-state index < -0.39 is 22.6 Å². The van der Waals surface area contributed by atoms with Crippen LogP contribution in [0.5, 0.6) is 0 Å². The first-order chi connectivity index (χ1) is 16.9. The van der Waals surface area contributed by atoms with Crippen molar-refractivity contribution >= 4 is 40.5 Å². The summed E-state index contributed by atoms with van der Waals surface area (Å²) in [6.45, 7) is 4.98. The molecule has 10 nitrogen and oxygen atoms in total. The monoisotopic (exact) mass is 500 g/mol. The standard InChI is InChI=1S/C24H32N6O4S/c1-3-9-25-21(32)18-17-12-14(2)24(35-17)19(18)23(34)29(10-6-11-31)20(24)22(33)26-13-30-16-8-5-4-7-15(16)27-28-30/h4-5,7-8,14,17-20,31H,3,6,9-13H2,1-2H3,(H,25,32)(H,26,33)/t14?,17-,18+,19-,20?,24?/m0/s1. The van der Waals surface area contributed by atoms with Crippen LogP contribution in [0.1, 0.15) is 33.1 Å². The van der Waals surface area contributed by atoms with Gasteiger partial charge in [-0.15, -0.1) is 16.9 Å². The number of nitrogens with zero attached hydrogens (tertiary/aromatic N) is 4. The van der Waals surface area contributed by atoms with E-state index in [-0.39, 0.29) is 48.7 Å². The third-order valence-electron chi connectivity index (χ3n) is 7.73. The average molecular weight is 501 g/mol. The van der Waals surface area contributed by atoms with Gasteiger partial charge in [-0.25, -0.2) is 4.68 Å². The Labute approximate surface area is 208 Å². The number of fused-ring (bicyclic) bond motifs is 2. The maximum Gasteiger partial charge on any atom is 0.245 e. The molecule has 2 aromatic rings. The van der Waals surface area contributed by atoms with Crippen LogP contribution in [0.2, 0.25) is 0 Å². The van der Waals surface area contributed by atoms with Crippen LogP contribution >= 0.6 is 11.8 Å². The number of carbonyl (C=O) groups is 3. The molecule has 35 heavy (non-hydrogen) atoms. The number of rotatable bonds is 9. The molecule has 3 unspecified atom stereocenters. The molecule has 6 atom stereocenters. The van der Waals surface area contributed by atoms with Gasteiger partial charge in [-0.1, -0.05) is 31.2 Å². The topological polar surface area (TPSA) is 129 Å². The molecule has 3 amide bonds. The van der Waals surface area contributed by atoms with Crippen molar-refractivity contribution in [1.29, 1.82) is 0 Å². The zero-order valence-corrected chi connectivity index (χ0v) is 20.8. The summed E-state index contributed by atoms with van der Waals surface area (Å²) in [6.07, 6.45) is 1.99. The van der Waals surface area contributed by atoms with Crippen molar-refractivity contribution in [3.8, 4) is 0 Å². The van der Waals surface area contributed by atoms with E-state index in [9.17, 15) is 19.5 Å². The Bertz CT molecular complexity index is 1140. The van der Waals surface area contributed by atoms with Crippen LogP contribution in [-0.2, 0) is 21.1 Å². The third kappa shape index (κ3) is 3.70. The van der Waals surface area contributed by atoms with Crippen molar-refractivity contribution in [3.63, 3.8) is 0 Å². The molecule has 3 fully saturated rings. The number of aromatic nitrogens is 3. The first-order valence-electron chi connectivity index (χ1n) is 12.4. The molecule has 3 saturated heterocycles. The van der Waals surface area contributed by atoms with Gasteiger partial charge >= 0.3 is 0 Å². The number of para-hydroxylation sites is 1. The number of benzene rings is 1. The molecule has 5 rings (SSSR count). The van der Waals surface area contributed by atoms with Crippen LogP contribution in [0.3, 0.4) is 0 Å². The van der Waals surface area contributed by atoms with Crippen molar-refractivity contribution in [2.75, 3.05) is 19.7 Å². The minimum absolute atomic E-state index is 0.0188. The summed E-state index contributed by atoms with van der Waals surface area (Å²) in [5.74, 6) is -1.38. The normalized spacial score (nSPS) is 31.2. The van der Waals surface area contributed by atoms with E-state index in [4.69, 9.17) is 0 Å². The Kier molecular flexibility index (Phi) is 6.47. The number of thioether (sulfide) groups is 1. The maximum absolute atomic E-state index is 13.8. The first-order valence-corrected chi connectivity index (χ1v) is 13.2. The van der Waals surface area contributed by atoms with Gasteiger partial charge in [-0.3, -0.25) is 14.4 Å². The molecule has 2 bridgehead atoms. The van der Waals surface area contributed by atoms with Crippen molar-refractivity contribution in [3.05, 3.63) is 24.3 Å². The minimum Gasteiger partial charge on any atom is -0.396 e. The Morgan fingerprint density at radius 3 is 2.83 bits per heavy atom. The van der Waals surface area contributed by atoms with E-state index in [1.54, 1.807) is 21.3 Å². The predicted molar refractivity (Wildman–Crippen MR) is 131 cm³/mol. The van der Waals surface area contributed by atoms with Gasteiger partial charge in [0.1, 0.15) is 18.2 Å². The molecule has 3 aliphatic heterocycles. The highest BCUT2D eigenvalue weighted by atomic mass is 32.2. The second-order valence-corrected chi connectivity index (χ2v) is 11.3. The number of nitrogens with one attached hydrogen (secondary N) is 2. The second kappa shape index (κ2) is 9.42. The predicted octanol–water partition coefficient (Wildman–Crippen LogP) is 0.751. The highest BCUT2D eigenvalue weighted by molar-refractivity contribution is 8.02. The van der Waals surface area contributed by atoms with Crippen molar-refractivity contribution < 1.29 is 19.5 Å². The fourth-order valence-corrected chi connectivity index (χ4v) is 8.67. The zero-order chi connectivity index (χ0) is 24.7. The number of amides is 3. The number of aliphatic hydroxyl groups is 1. The molecule has 0 aliphatic carbocycles. The average Bonchev–Trinajstić information content (AvgIpc) is 3.57. The number of hydrogen-bond donors (Lipinski definition) is 3. The fraction of sp³-hybridized carbons (Fsp3) is 0.625. The van der Waals surface area contributed by atoms with E-state index >= 15 is 0 Å². The van der Waals surface area contributed by atoms with Gasteiger partial charge in [-0.05, 0) is 37.3 Å². The van der Waals surface area contributed by atoms with Crippen LogP contribution in [-0.4, -0.2) is 78.5 Å². The summed E-state index contributed by atoms with van der Waals surface area (Å²) in [6, 6.07) is 6.80. The Hall–Kier alpha value is -2.66. The van der Waals surface area contributed by atoms with Crippen LogP contribution in [0, 0.1) is 17.8 Å². The summed E-state index contributed by atoms with van der Waals surface area (Å²) in [7, 11) is 0. The highest BCUT2D eigenvalue weighted by Gasteiger charge is 2.75. The van der Waals surface area contributed by atoms with E-state index in [0.29, 0.717) is 13.0 Å². The first kappa shape index (κ1) is 24.1. The molecule has 1 aromatic heterocycles. The van der Waals surface area contributed by atoms with Crippen molar-refractivity contribution in [1.82, 2.24) is 30.5 Å². The Morgan fingerprint density at radius 1 is 1.26 bits per heavy atom. The van der Waals surface area contributed by atoms with Gasteiger partial charge in [-0.2, -0.15) is 0 Å². The SMILES string of the molecule is CCCNC(=O)[C@@H]1[C@@H]2CC(C)C3(S2)C(C(=O)NCn2nnc4ccccc42)N(CCCO)C(=O)[C@H]13. The second-order valence-electron chi connectivity index (χ2n) is 9.73. The van der Waals surface area contributed by atoms with Gasteiger partial charge in [0.05, 0.1) is 22.1 Å².